The predicted molar refractivity (Wildman–Crippen MR) is 95.7 cm³/mol. The number of halogens is 1. The third-order valence-electron chi connectivity index (χ3n) is 4.03. The zero-order chi connectivity index (χ0) is 16.5. The van der Waals surface area contributed by atoms with E-state index in [-0.39, 0.29) is 6.42 Å². The summed E-state index contributed by atoms with van der Waals surface area (Å²) >= 11 is 3.46. The van der Waals surface area contributed by atoms with Crippen LogP contribution in [0.15, 0.2) is 0 Å². The summed E-state index contributed by atoms with van der Waals surface area (Å²) in [5.41, 5.74) is 0. The highest BCUT2D eigenvalue weighted by Gasteiger charge is 2.09. The van der Waals surface area contributed by atoms with Crippen LogP contribution in [-0.4, -0.2) is 22.2 Å². The van der Waals surface area contributed by atoms with E-state index in [1.165, 1.54) is 70.6 Å². The van der Waals surface area contributed by atoms with Gasteiger partial charge in [0.05, 0.1) is 0 Å². The molecule has 0 atom stereocenters. The Kier molecular flexibility index (Phi) is 16.7. The lowest BCUT2D eigenvalue weighted by Crippen LogP contribution is -2.11. The van der Waals surface area contributed by atoms with Gasteiger partial charge in [-0.3, -0.25) is 4.79 Å². The van der Waals surface area contributed by atoms with E-state index in [0.29, 0.717) is 0 Å². The molecule has 0 saturated heterocycles. The number of carbonyl (C=O) groups is 2. The second kappa shape index (κ2) is 17.0. The molecule has 130 valence electrons. The van der Waals surface area contributed by atoms with Gasteiger partial charge in [-0.25, -0.2) is 4.79 Å². The molecule has 0 aliphatic heterocycles. The molecule has 0 heterocycles. The number of Topliss-reactive ketones (excluding diaryl/α,β-unsaturated/α-hetero) is 1. The molecule has 4 heteroatoms. The minimum atomic E-state index is -1.29. The molecule has 0 amide bonds. The third-order valence-corrected chi connectivity index (χ3v) is 4.59. The maximum absolute atomic E-state index is 10.9. The van der Waals surface area contributed by atoms with Crippen molar-refractivity contribution in [3.05, 3.63) is 0 Å². The van der Waals surface area contributed by atoms with Crippen molar-refractivity contribution >= 4 is 27.7 Å². The van der Waals surface area contributed by atoms with Crippen molar-refractivity contribution in [2.45, 2.75) is 96.3 Å². The first-order valence-corrected chi connectivity index (χ1v) is 10.1. The van der Waals surface area contributed by atoms with Crippen LogP contribution in [0.4, 0.5) is 0 Å². The van der Waals surface area contributed by atoms with Gasteiger partial charge in [0.2, 0.25) is 5.78 Å². The molecule has 0 radical (unpaired) electrons. The fourth-order valence-corrected chi connectivity index (χ4v) is 3.00. The number of carboxylic acids is 1. The van der Waals surface area contributed by atoms with E-state index in [0.717, 1.165) is 24.6 Å². The predicted octanol–water partition coefficient (Wildman–Crippen LogP) is 5.89. The lowest BCUT2D eigenvalue weighted by molar-refractivity contribution is -0.149. The molecule has 0 rings (SSSR count). The highest BCUT2D eigenvalue weighted by molar-refractivity contribution is 9.09. The van der Waals surface area contributed by atoms with Crippen molar-refractivity contribution in [2.24, 2.45) is 0 Å². The molecule has 22 heavy (non-hydrogen) atoms. The molecule has 0 fully saturated rings. The minimum absolute atomic E-state index is 0.199. The standard InChI is InChI=1S/C18H33BrO3/c19-16-14-12-10-8-6-4-2-1-3-5-7-9-11-13-15-17(20)18(21)22/h1-16H2,(H,21,22). The topological polar surface area (TPSA) is 54.4 Å². The highest BCUT2D eigenvalue weighted by Crippen LogP contribution is 2.13. The summed E-state index contributed by atoms with van der Waals surface area (Å²) in [6.07, 6.45) is 17.8. The number of unbranched alkanes of at least 4 members (excludes halogenated alkanes) is 13. The zero-order valence-electron chi connectivity index (χ0n) is 14.0. The fourth-order valence-electron chi connectivity index (χ4n) is 2.61. The molecule has 0 saturated carbocycles. The number of hydrogen-bond donors (Lipinski definition) is 1. The van der Waals surface area contributed by atoms with Crippen LogP contribution < -0.4 is 0 Å². The fraction of sp³-hybridized carbons (Fsp3) is 0.889. The van der Waals surface area contributed by atoms with Gasteiger partial charge in [-0.1, -0.05) is 93.0 Å². The molecule has 0 aromatic heterocycles. The summed E-state index contributed by atoms with van der Waals surface area (Å²) in [5.74, 6) is -1.93. The van der Waals surface area contributed by atoms with Crippen LogP contribution in [0.3, 0.4) is 0 Å². The Morgan fingerprint density at radius 1 is 0.591 bits per heavy atom. The minimum Gasteiger partial charge on any atom is -0.476 e. The Morgan fingerprint density at radius 2 is 0.909 bits per heavy atom. The van der Waals surface area contributed by atoms with Gasteiger partial charge in [-0.15, -0.1) is 0 Å². The summed E-state index contributed by atoms with van der Waals surface area (Å²) in [6.45, 7) is 0. The van der Waals surface area contributed by atoms with Crippen molar-refractivity contribution in [2.75, 3.05) is 5.33 Å². The number of carboxylic acid groups (broad SMARTS) is 1. The molecule has 0 spiro atoms. The highest BCUT2D eigenvalue weighted by atomic mass is 79.9. The summed E-state index contributed by atoms with van der Waals surface area (Å²) in [7, 11) is 0. The van der Waals surface area contributed by atoms with Gasteiger partial charge in [0.1, 0.15) is 0 Å². The Hall–Kier alpha value is -0.380. The van der Waals surface area contributed by atoms with Gasteiger partial charge in [0.25, 0.3) is 0 Å². The molecule has 0 aromatic rings. The van der Waals surface area contributed by atoms with Crippen molar-refractivity contribution in [1.29, 1.82) is 0 Å². The molecule has 0 unspecified atom stereocenters. The van der Waals surface area contributed by atoms with E-state index in [4.69, 9.17) is 5.11 Å². The Labute approximate surface area is 144 Å². The van der Waals surface area contributed by atoms with Gasteiger partial charge in [0, 0.05) is 11.8 Å². The van der Waals surface area contributed by atoms with Crippen LogP contribution in [-0.2, 0) is 9.59 Å². The summed E-state index contributed by atoms with van der Waals surface area (Å²) in [5, 5.41) is 9.59. The van der Waals surface area contributed by atoms with Crippen molar-refractivity contribution in [3.63, 3.8) is 0 Å². The van der Waals surface area contributed by atoms with Crippen LogP contribution in [0.25, 0.3) is 0 Å². The first-order valence-electron chi connectivity index (χ1n) is 9.00. The summed E-state index contributed by atoms with van der Waals surface area (Å²) in [6, 6.07) is 0. The first-order chi connectivity index (χ1) is 10.7. The van der Waals surface area contributed by atoms with E-state index in [1.54, 1.807) is 0 Å². The van der Waals surface area contributed by atoms with E-state index in [2.05, 4.69) is 15.9 Å². The van der Waals surface area contributed by atoms with E-state index in [1.807, 2.05) is 0 Å². The lowest BCUT2D eigenvalue weighted by atomic mass is 10.0. The molecule has 0 aromatic carbocycles. The van der Waals surface area contributed by atoms with Crippen molar-refractivity contribution < 1.29 is 14.7 Å². The number of carbonyl (C=O) groups excluding carboxylic acids is 1. The van der Waals surface area contributed by atoms with Crippen molar-refractivity contribution in [3.8, 4) is 0 Å². The van der Waals surface area contributed by atoms with Gasteiger partial charge < -0.3 is 5.11 Å². The van der Waals surface area contributed by atoms with Gasteiger partial charge in [0.15, 0.2) is 0 Å². The molecule has 3 nitrogen and oxygen atoms in total. The Bertz CT molecular complexity index is 280. The zero-order valence-corrected chi connectivity index (χ0v) is 15.5. The van der Waals surface area contributed by atoms with E-state index >= 15 is 0 Å². The third kappa shape index (κ3) is 16.0. The number of alkyl halides is 1. The molecular formula is C18H33BrO3. The summed E-state index contributed by atoms with van der Waals surface area (Å²) < 4.78 is 0. The maximum atomic E-state index is 10.9. The van der Waals surface area contributed by atoms with Crippen LogP contribution in [0, 0.1) is 0 Å². The molecule has 1 N–H and O–H groups in total. The number of hydrogen-bond acceptors (Lipinski definition) is 2. The van der Waals surface area contributed by atoms with Gasteiger partial charge in [-0.2, -0.15) is 0 Å². The quantitative estimate of drug-likeness (QED) is 0.195. The van der Waals surface area contributed by atoms with Crippen LogP contribution in [0.1, 0.15) is 96.3 Å². The SMILES string of the molecule is O=C(O)C(=O)CCCCCCCCCCCCCCCCBr. The first kappa shape index (κ1) is 21.6. The number of aliphatic carboxylic acids is 1. The maximum Gasteiger partial charge on any atom is 0.372 e. The van der Waals surface area contributed by atoms with E-state index < -0.39 is 11.8 Å². The van der Waals surface area contributed by atoms with Gasteiger partial charge >= 0.3 is 5.97 Å². The van der Waals surface area contributed by atoms with Crippen LogP contribution in [0.5, 0.6) is 0 Å². The molecular weight excluding hydrogens is 344 g/mol. The lowest BCUT2D eigenvalue weighted by Gasteiger charge is -2.03. The molecule has 0 aliphatic carbocycles. The smallest absolute Gasteiger partial charge is 0.372 e. The average Bonchev–Trinajstić information content (AvgIpc) is 2.50. The number of rotatable bonds is 17. The Morgan fingerprint density at radius 3 is 1.23 bits per heavy atom. The average molecular weight is 377 g/mol. The van der Waals surface area contributed by atoms with Gasteiger partial charge in [-0.05, 0) is 12.8 Å². The van der Waals surface area contributed by atoms with Crippen molar-refractivity contribution in [1.82, 2.24) is 0 Å². The molecule has 0 aliphatic rings. The summed E-state index contributed by atoms with van der Waals surface area (Å²) in [4.78, 5) is 21.2. The normalized spacial score (nSPS) is 10.8. The second-order valence-corrected chi connectivity index (χ2v) is 6.91. The van der Waals surface area contributed by atoms with Crippen LogP contribution in [0.2, 0.25) is 0 Å². The molecule has 0 bridgehead atoms. The number of ketones is 1. The van der Waals surface area contributed by atoms with E-state index in [9.17, 15) is 9.59 Å². The Balaban J connectivity index is 3.05. The second-order valence-electron chi connectivity index (χ2n) is 6.12. The largest absolute Gasteiger partial charge is 0.476 e. The van der Waals surface area contributed by atoms with Crippen LogP contribution >= 0.6 is 15.9 Å². The monoisotopic (exact) mass is 376 g/mol.